The van der Waals surface area contributed by atoms with E-state index in [0.29, 0.717) is 0 Å². The zero-order valence-electron chi connectivity index (χ0n) is 29.0. The molecule has 0 radical (unpaired) electrons. The van der Waals surface area contributed by atoms with Gasteiger partial charge in [0.1, 0.15) is 16.7 Å². The Balaban J connectivity index is 1.20. The number of anilines is 3. The van der Waals surface area contributed by atoms with Crippen molar-refractivity contribution in [3.8, 4) is 22.3 Å². The summed E-state index contributed by atoms with van der Waals surface area (Å²) in [6.07, 6.45) is 0. The van der Waals surface area contributed by atoms with Crippen molar-refractivity contribution in [2.24, 2.45) is 0 Å². The van der Waals surface area contributed by atoms with Crippen molar-refractivity contribution in [1.82, 2.24) is 0 Å². The maximum absolute atomic E-state index is 7.03. The minimum Gasteiger partial charge on any atom is -0.456 e. The highest BCUT2D eigenvalue weighted by molar-refractivity contribution is 6.16. The van der Waals surface area contributed by atoms with Crippen molar-refractivity contribution in [3.05, 3.63) is 162 Å². The van der Waals surface area contributed by atoms with Gasteiger partial charge in [0.15, 0.2) is 5.58 Å². The first kappa shape index (κ1) is 28.7. The molecule has 0 fully saturated rings. The summed E-state index contributed by atoms with van der Waals surface area (Å²) in [4.78, 5) is 2.39. The van der Waals surface area contributed by atoms with Crippen LogP contribution in [0.15, 0.2) is 148 Å². The number of hydrogen-bond donors (Lipinski definition) is 0. The maximum Gasteiger partial charge on any atom is 0.159 e. The third-order valence-corrected chi connectivity index (χ3v) is 11.9. The van der Waals surface area contributed by atoms with Crippen LogP contribution in [0.25, 0.3) is 66.1 Å². The normalized spacial score (nSPS) is 15.0. The number of benzene rings is 7. The van der Waals surface area contributed by atoms with E-state index in [0.717, 1.165) is 60.9 Å². The van der Waals surface area contributed by atoms with Crippen molar-refractivity contribution < 1.29 is 8.83 Å². The molecule has 51 heavy (non-hydrogen) atoms. The van der Waals surface area contributed by atoms with E-state index in [1.807, 2.05) is 6.07 Å². The van der Waals surface area contributed by atoms with E-state index in [-0.39, 0.29) is 10.8 Å². The van der Waals surface area contributed by atoms with Gasteiger partial charge in [-0.3, -0.25) is 0 Å². The van der Waals surface area contributed by atoms with Crippen molar-refractivity contribution in [2.75, 3.05) is 4.90 Å². The van der Waals surface area contributed by atoms with Gasteiger partial charge in [-0.2, -0.15) is 0 Å². The molecule has 2 aliphatic carbocycles. The van der Waals surface area contributed by atoms with Crippen LogP contribution >= 0.6 is 0 Å². The zero-order valence-corrected chi connectivity index (χ0v) is 29.0. The second-order valence-electron chi connectivity index (χ2n) is 15.3. The average Bonchev–Trinajstić information content (AvgIpc) is 3.84. The topological polar surface area (TPSA) is 29.5 Å². The Morgan fingerprint density at radius 2 is 1.02 bits per heavy atom. The molecule has 2 aliphatic rings. The van der Waals surface area contributed by atoms with Crippen molar-refractivity contribution in [3.63, 3.8) is 0 Å². The largest absolute Gasteiger partial charge is 0.456 e. The Morgan fingerprint density at radius 3 is 1.82 bits per heavy atom. The van der Waals surface area contributed by atoms with Gasteiger partial charge in [0.05, 0.1) is 16.8 Å². The molecule has 0 bridgehead atoms. The predicted octanol–water partition coefficient (Wildman–Crippen LogP) is 13.6. The van der Waals surface area contributed by atoms with Gasteiger partial charge in [0.25, 0.3) is 0 Å². The Hall–Kier alpha value is -6.06. The van der Waals surface area contributed by atoms with Crippen molar-refractivity contribution >= 4 is 60.9 Å². The van der Waals surface area contributed by atoms with Crippen LogP contribution < -0.4 is 4.90 Å². The molecule has 3 nitrogen and oxygen atoms in total. The van der Waals surface area contributed by atoms with Crippen LogP contribution in [-0.2, 0) is 10.8 Å². The molecule has 244 valence electrons. The number of nitrogens with zero attached hydrogens (tertiary/aromatic N) is 1. The Bertz CT molecular complexity index is 2940. The molecule has 0 saturated heterocycles. The molecule has 2 heterocycles. The van der Waals surface area contributed by atoms with E-state index >= 15 is 0 Å². The summed E-state index contributed by atoms with van der Waals surface area (Å²) in [6.45, 7) is 9.33. The first-order chi connectivity index (χ1) is 24.8. The standard InChI is InChI=1S/C48H35NO2/c1-47(2)36-17-8-5-13-29(36)31-24-23-28(25-38(31)47)49(40-19-12-22-43-45(40)33-15-7-10-21-42(33)50-43)41-20-11-16-32-35-26-34-30-14-6-9-18-37(30)48(3,4)39(34)27-44(35)51-46(32)41/h5-27H,1-4H3. The van der Waals surface area contributed by atoms with Crippen molar-refractivity contribution in [1.29, 1.82) is 0 Å². The van der Waals surface area contributed by atoms with Crippen molar-refractivity contribution in [2.45, 2.75) is 38.5 Å². The SMILES string of the molecule is CC1(C)c2ccccc2-c2ccc(N(c3cccc4c3oc3cc5c(cc34)-c3ccccc3C5(C)C)c3cccc4oc5ccccc5c34)cc21. The van der Waals surface area contributed by atoms with Gasteiger partial charge in [0, 0.05) is 32.7 Å². The molecule has 0 aliphatic heterocycles. The number of rotatable bonds is 3. The number of furan rings is 2. The van der Waals surface area contributed by atoms with Gasteiger partial charge in [-0.1, -0.05) is 119 Å². The highest BCUT2D eigenvalue weighted by atomic mass is 16.3. The summed E-state index contributed by atoms with van der Waals surface area (Å²) < 4.78 is 13.5. The van der Waals surface area contributed by atoms with E-state index in [4.69, 9.17) is 8.83 Å². The molecular formula is C48H35NO2. The third-order valence-electron chi connectivity index (χ3n) is 11.9. The molecule has 2 aromatic heterocycles. The van der Waals surface area contributed by atoms with Gasteiger partial charge in [-0.05, 0) is 93.0 Å². The number of para-hydroxylation sites is 2. The monoisotopic (exact) mass is 657 g/mol. The molecule has 0 unspecified atom stereocenters. The molecule has 0 spiro atoms. The summed E-state index contributed by atoms with van der Waals surface area (Å²) in [5, 5.41) is 4.42. The Morgan fingerprint density at radius 1 is 0.412 bits per heavy atom. The third kappa shape index (κ3) is 3.73. The fraction of sp³-hybridized carbons (Fsp3) is 0.125. The van der Waals surface area contributed by atoms with Gasteiger partial charge in [0.2, 0.25) is 0 Å². The average molecular weight is 658 g/mol. The second kappa shape index (κ2) is 9.80. The smallest absolute Gasteiger partial charge is 0.159 e. The Labute approximate surface area is 296 Å². The first-order valence-corrected chi connectivity index (χ1v) is 17.9. The van der Waals surface area contributed by atoms with Crippen LogP contribution in [0, 0.1) is 0 Å². The zero-order chi connectivity index (χ0) is 34.2. The number of hydrogen-bond acceptors (Lipinski definition) is 3. The minimum atomic E-state index is -0.142. The molecule has 0 N–H and O–H groups in total. The quantitative estimate of drug-likeness (QED) is 0.189. The predicted molar refractivity (Wildman–Crippen MR) is 211 cm³/mol. The summed E-state index contributed by atoms with van der Waals surface area (Å²) in [5.41, 5.74) is 17.0. The molecule has 9 aromatic rings. The Kier molecular flexibility index (Phi) is 5.52. The first-order valence-electron chi connectivity index (χ1n) is 17.9. The number of fused-ring (bicyclic) bond motifs is 12. The molecule has 0 saturated carbocycles. The van der Waals surface area contributed by atoms with Crippen LogP contribution in [0.3, 0.4) is 0 Å². The lowest BCUT2D eigenvalue weighted by Gasteiger charge is -2.28. The fourth-order valence-electron chi connectivity index (χ4n) is 9.33. The molecule has 0 atom stereocenters. The van der Waals surface area contributed by atoms with Crippen LogP contribution in [0.1, 0.15) is 49.9 Å². The summed E-state index contributed by atoms with van der Waals surface area (Å²) in [7, 11) is 0. The molecule has 7 aromatic carbocycles. The fourth-order valence-corrected chi connectivity index (χ4v) is 9.33. The van der Waals surface area contributed by atoms with Crippen LogP contribution in [0.4, 0.5) is 17.1 Å². The minimum absolute atomic E-state index is 0.110. The maximum atomic E-state index is 7.03. The van der Waals surface area contributed by atoms with Crippen LogP contribution in [-0.4, -0.2) is 0 Å². The summed E-state index contributed by atoms with van der Waals surface area (Å²) >= 11 is 0. The summed E-state index contributed by atoms with van der Waals surface area (Å²) in [6, 6.07) is 50.6. The lowest BCUT2D eigenvalue weighted by molar-refractivity contribution is 0.647. The molecule has 11 rings (SSSR count). The van der Waals surface area contributed by atoms with E-state index < -0.39 is 0 Å². The molecule has 3 heteroatoms. The van der Waals surface area contributed by atoms with Gasteiger partial charge in [-0.15, -0.1) is 0 Å². The van der Waals surface area contributed by atoms with E-state index in [1.165, 1.54) is 44.5 Å². The lowest BCUT2D eigenvalue weighted by atomic mass is 9.82. The van der Waals surface area contributed by atoms with Gasteiger partial charge >= 0.3 is 0 Å². The van der Waals surface area contributed by atoms with Gasteiger partial charge in [-0.25, -0.2) is 0 Å². The van der Waals surface area contributed by atoms with E-state index in [2.05, 4.69) is 166 Å². The highest BCUT2D eigenvalue weighted by Crippen LogP contribution is 2.54. The van der Waals surface area contributed by atoms with Gasteiger partial charge < -0.3 is 13.7 Å². The van der Waals surface area contributed by atoms with E-state index in [9.17, 15) is 0 Å². The molecular weight excluding hydrogens is 623 g/mol. The van der Waals surface area contributed by atoms with Crippen LogP contribution in [0.2, 0.25) is 0 Å². The molecule has 0 amide bonds. The van der Waals surface area contributed by atoms with E-state index in [1.54, 1.807) is 0 Å². The lowest BCUT2D eigenvalue weighted by Crippen LogP contribution is -2.16. The highest BCUT2D eigenvalue weighted by Gasteiger charge is 2.38. The second-order valence-corrected chi connectivity index (χ2v) is 15.3. The summed E-state index contributed by atoms with van der Waals surface area (Å²) in [5.74, 6) is 0. The van der Waals surface area contributed by atoms with Crippen LogP contribution in [0.5, 0.6) is 0 Å².